The fourth-order valence-corrected chi connectivity index (χ4v) is 9.53. The van der Waals surface area contributed by atoms with Crippen molar-refractivity contribution in [2.75, 3.05) is 0 Å². The molecule has 264 valence electrons. The van der Waals surface area contributed by atoms with Crippen LogP contribution in [0.15, 0.2) is 115 Å². The van der Waals surface area contributed by atoms with Crippen molar-refractivity contribution in [2.45, 2.75) is 31.6 Å². The Labute approximate surface area is 320 Å². The molecule has 0 saturated carbocycles. The lowest BCUT2D eigenvalue weighted by Gasteiger charge is -2.25. The number of aromatic nitrogens is 8. The molecule has 5 aliphatic rings. The summed E-state index contributed by atoms with van der Waals surface area (Å²) in [6.07, 6.45) is 13.0. The van der Waals surface area contributed by atoms with Crippen molar-refractivity contribution >= 4 is 72.6 Å². The zero-order valence-electron chi connectivity index (χ0n) is 30.2. The molecule has 8 bridgehead atoms. The van der Waals surface area contributed by atoms with Gasteiger partial charge in [-0.3, -0.25) is 0 Å². The van der Waals surface area contributed by atoms with Gasteiger partial charge >= 0.3 is 0 Å². The third kappa shape index (κ3) is 4.47. The van der Waals surface area contributed by atoms with Crippen LogP contribution in [-0.4, -0.2) is 39.9 Å². The molecule has 0 spiro atoms. The van der Waals surface area contributed by atoms with Gasteiger partial charge in [0.15, 0.2) is 17.5 Å². The number of benzene rings is 5. The minimum atomic E-state index is -0.0421. The number of H-pyrrole nitrogens is 2. The second-order valence-corrected chi connectivity index (χ2v) is 15.6. The molecule has 0 fully saturated rings. The highest BCUT2D eigenvalue weighted by Gasteiger charge is 2.34. The van der Waals surface area contributed by atoms with Crippen molar-refractivity contribution in [3.05, 3.63) is 149 Å². The molecule has 8 nitrogen and oxygen atoms in total. The molecule has 2 aliphatic heterocycles. The van der Waals surface area contributed by atoms with E-state index in [2.05, 4.69) is 131 Å². The Kier molecular flexibility index (Phi) is 6.08. The molecular weight excluding hydrogens is 689 g/mol. The van der Waals surface area contributed by atoms with Gasteiger partial charge in [0.05, 0.1) is 5.92 Å². The van der Waals surface area contributed by atoms with Crippen LogP contribution in [0.25, 0.3) is 95.4 Å². The fraction of sp³-hybridized carbons (Fsp3) is 0.125. The van der Waals surface area contributed by atoms with E-state index >= 15 is 0 Å². The van der Waals surface area contributed by atoms with Crippen LogP contribution in [0.2, 0.25) is 0 Å². The van der Waals surface area contributed by atoms with Crippen LogP contribution < -0.4 is 0 Å². The van der Waals surface area contributed by atoms with Crippen LogP contribution in [0.4, 0.5) is 0 Å². The van der Waals surface area contributed by atoms with Crippen LogP contribution in [0.3, 0.4) is 0 Å². The highest BCUT2D eigenvalue weighted by Crippen LogP contribution is 2.44. The molecule has 56 heavy (non-hydrogen) atoms. The van der Waals surface area contributed by atoms with Gasteiger partial charge in [-0.25, -0.2) is 29.9 Å². The normalized spacial score (nSPS) is 17.9. The van der Waals surface area contributed by atoms with Gasteiger partial charge in [-0.15, -0.1) is 0 Å². The number of nitrogens with zero attached hydrogens (tertiary/aromatic N) is 6. The van der Waals surface area contributed by atoms with Crippen molar-refractivity contribution < 1.29 is 0 Å². The molecule has 13 rings (SSSR count). The van der Waals surface area contributed by atoms with Gasteiger partial charge in [-0.1, -0.05) is 84.9 Å². The number of hydrogen-bond acceptors (Lipinski definition) is 6. The van der Waals surface area contributed by atoms with Gasteiger partial charge in [-0.2, -0.15) is 0 Å². The van der Waals surface area contributed by atoms with Gasteiger partial charge < -0.3 is 9.97 Å². The Morgan fingerprint density at radius 1 is 0.554 bits per heavy atom. The summed E-state index contributed by atoms with van der Waals surface area (Å²) in [7, 11) is 0. The van der Waals surface area contributed by atoms with E-state index < -0.39 is 0 Å². The minimum absolute atomic E-state index is 0.0421. The number of hydrogen-bond donors (Lipinski definition) is 2. The second-order valence-electron chi connectivity index (χ2n) is 15.6. The fourth-order valence-electron chi connectivity index (χ4n) is 9.53. The average Bonchev–Trinajstić information content (AvgIpc) is 3.95. The summed E-state index contributed by atoms with van der Waals surface area (Å²) < 4.78 is 0. The molecule has 2 unspecified atom stereocenters. The van der Waals surface area contributed by atoms with Crippen molar-refractivity contribution in [2.24, 2.45) is 5.92 Å². The second kappa shape index (κ2) is 11.2. The van der Waals surface area contributed by atoms with Gasteiger partial charge in [-0.05, 0) is 106 Å². The molecule has 5 aromatic carbocycles. The largest absolute Gasteiger partial charge is 0.324 e. The molecular formula is C48H32N8. The molecule has 3 aromatic heterocycles. The average molecular weight is 721 g/mol. The topological polar surface area (TPSA) is 109 Å². The first-order valence-electron chi connectivity index (χ1n) is 19.5. The maximum atomic E-state index is 5.43. The standard InChI is InChI=1S/C48H32N8/c1-2-10-26-18-34-33(17-25(26)9-1)41-49-42(34)54-44-37-21-29-13-5-6-14-30(29)22-38(37)46(51-44)56-48-40-24-32-16-8-7-15-31(32)23-39(40)47(52-48)55-45-36-20-28-12-4-3-11-27(28)19-35(36)43(50-45)53-41/h1-7,9-15,17-19,21-23,32,36H,8,16,20,24H2,(H2,49,50,51,52,53,54,55,56). The van der Waals surface area contributed by atoms with Gasteiger partial charge in [0.2, 0.25) is 0 Å². The van der Waals surface area contributed by atoms with E-state index in [1.807, 2.05) is 0 Å². The summed E-state index contributed by atoms with van der Waals surface area (Å²) in [5, 5.41) is 6.47. The Morgan fingerprint density at radius 2 is 1.20 bits per heavy atom. The molecule has 2 atom stereocenters. The van der Waals surface area contributed by atoms with Crippen LogP contribution >= 0.6 is 0 Å². The monoisotopic (exact) mass is 720 g/mol. The molecule has 8 aromatic rings. The Morgan fingerprint density at radius 3 is 1.95 bits per heavy atom. The minimum Gasteiger partial charge on any atom is -0.324 e. The zero-order chi connectivity index (χ0) is 36.5. The lowest BCUT2D eigenvalue weighted by Crippen LogP contribution is -2.13. The van der Waals surface area contributed by atoms with Crippen molar-refractivity contribution in [1.82, 2.24) is 39.9 Å². The zero-order valence-corrected chi connectivity index (χ0v) is 30.2. The van der Waals surface area contributed by atoms with Crippen molar-refractivity contribution in [1.29, 1.82) is 0 Å². The van der Waals surface area contributed by atoms with Crippen molar-refractivity contribution in [3.63, 3.8) is 0 Å². The predicted molar refractivity (Wildman–Crippen MR) is 223 cm³/mol. The van der Waals surface area contributed by atoms with E-state index in [1.54, 1.807) is 0 Å². The van der Waals surface area contributed by atoms with E-state index in [-0.39, 0.29) is 5.92 Å². The lowest BCUT2D eigenvalue weighted by molar-refractivity contribution is 0.559. The molecule has 0 saturated heterocycles. The molecule has 8 heteroatoms. The van der Waals surface area contributed by atoms with E-state index in [1.165, 1.54) is 22.3 Å². The first kappa shape index (κ1) is 30.3. The maximum Gasteiger partial charge on any atom is 0.164 e. The van der Waals surface area contributed by atoms with E-state index in [9.17, 15) is 0 Å². The van der Waals surface area contributed by atoms with Crippen LogP contribution in [-0.2, 0) is 12.8 Å². The smallest absolute Gasteiger partial charge is 0.164 e. The quantitative estimate of drug-likeness (QED) is 0.161. The van der Waals surface area contributed by atoms with Gasteiger partial charge in [0.25, 0.3) is 0 Å². The predicted octanol–water partition coefficient (Wildman–Crippen LogP) is 10.5. The summed E-state index contributed by atoms with van der Waals surface area (Å²) in [6, 6.07) is 34.3. The van der Waals surface area contributed by atoms with Gasteiger partial charge in [0, 0.05) is 38.6 Å². The summed E-state index contributed by atoms with van der Waals surface area (Å²) in [6.45, 7) is 0. The molecule has 0 amide bonds. The number of rotatable bonds is 0. The molecule has 0 radical (unpaired) electrons. The van der Waals surface area contributed by atoms with Gasteiger partial charge in [0.1, 0.15) is 28.4 Å². The maximum absolute atomic E-state index is 5.43. The lowest BCUT2D eigenvalue weighted by atomic mass is 9.79. The Bertz CT molecular complexity index is 3340. The number of fused-ring (bicyclic) bond motifs is 24. The third-order valence-electron chi connectivity index (χ3n) is 12.4. The molecule has 5 heterocycles. The van der Waals surface area contributed by atoms with Crippen molar-refractivity contribution in [3.8, 4) is 22.8 Å². The summed E-state index contributed by atoms with van der Waals surface area (Å²) >= 11 is 0. The summed E-state index contributed by atoms with van der Waals surface area (Å²) in [5.41, 5.74) is 12.1. The summed E-state index contributed by atoms with van der Waals surface area (Å²) in [5.74, 6) is 3.08. The van der Waals surface area contributed by atoms with Crippen LogP contribution in [0.5, 0.6) is 0 Å². The summed E-state index contributed by atoms with van der Waals surface area (Å²) in [4.78, 5) is 39.4. The SMILES string of the molecule is C1=CC2=Cc3c(c4nc5nc(nc6[nH]c(nc7nc(nc3[nH]4)C3Cc4ccccc4C=C73)c3cc4ccccc4cc63)-c3cc4ccccc4cc3-5)CC2CC1. The highest BCUT2D eigenvalue weighted by molar-refractivity contribution is 6.11. The Balaban J connectivity index is 1.19. The highest BCUT2D eigenvalue weighted by atomic mass is 15.1. The first-order valence-corrected chi connectivity index (χ1v) is 19.5. The third-order valence-corrected chi connectivity index (χ3v) is 12.4. The van der Waals surface area contributed by atoms with E-state index in [4.69, 9.17) is 29.9 Å². The number of allylic oxidation sites excluding steroid dienone is 4. The number of nitrogens with one attached hydrogen (secondary N) is 2. The van der Waals surface area contributed by atoms with E-state index in [0.29, 0.717) is 34.7 Å². The first-order chi connectivity index (χ1) is 27.7. The molecule has 3 aliphatic carbocycles. The molecule has 2 N–H and O–H groups in total. The Hall–Kier alpha value is -7.06. The van der Waals surface area contributed by atoms with Crippen LogP contribution in [0.1, 0.15) is 52.7 Å². The van der Waals surface area contributed by atoms with Crippen LogP contribution in [0, 0.1) is 5.92 Å². The van der Waals surface area contributed by atoms with E-state index in [0.717, 1.165) is 97.4 Å². The number of aromatic amines is 2.